The van der Waals surface area contributed by atoms with Crippen LogP contribution in [0.5, 0.6) is 5.75 Å². The van der Waals surface area contributed by atoms with Gasteiger partial charge in [-0.2, -0.15) is 0 Å². The van der Waals surface area contributed by atoms with Gasteiger partial charge < -0.3 is 19.3 Å². The minimum absolute atomic E-state index is 0.0819. The number of hydrogen-bond donors (Lipinski definition) is 1. The van der Waals surface area contributed by atoms with Gasteiger partial charge in [-0.15, -0.1) is 0 Å². The van der Waals surface area contributed by atoms with Gasteiger partial charge >= 0.3 is 5.97 Å². The first kappa shape index (κ1) is 20.4. The van der Waals surface area contributed by atoms with E-state index < -0.39 is 17.3 Å². The number of halogens is 1. The van der Waals surface area contributed by atoms with Crippen molar-refractivity contribution in [1.82, 2.24) is 0 Å². The summed E-state index contributed by atoms with van der Waals surface area (Å²) in [6, 6.07) is 4.12. The third kappa shape index (κ3) is 3.68. The molecule has 1 aliphatic heterocycles. The number of carboxylic acid groups (broad SMARTS) is 1. The fraction of sp³-hybridized carbons (Fsp3) is 0.609. The highest BCUT2D eigenvalue weighted by Crippen LogP contribution is 2.58. The number of ether oxygens (including phenoxy) is 3. The molecule has 6 heteroatoms. The Morgan fingerprint density at radius 2 is 2.24 bits per heavy atom. The molecule has 5 atom stereocenters. The number of carboxylic acids is 1. The Morgan fingerprint density at radius 1 is 1.41 bits per heavy atom. The van der Waals surface area contributed by atoms with E-state index in [0.29, 0.717) is 25.2 Å². The third-order valence-corrected chi connectivity index (χ3v) is 7.40. The van der Waals surface area contributed by atoms with Crippen molar-refractivity contribution in [2.45, 2.75) is 45.1 Å². The number of benzene rings is 1. The predicted molar refractivity (Wildman–Crippen MR) is 105 cm³/mol. The fourth-order valence-corrected chi connectivity index (χ4v) is 5.96. The predicted octanol–water partition coefficient (Wildman–Crippen LogP) is 4.66. The fourth-order valence-electron chi connectivity index (χ4n) is 5.96. The average Bonchev–Trinajstić information content (AvgIpc) is 2.69. The lowest BCUT2D eigenvalue weighted by Crippen LogP contribution is -2.54. The van der Waals surface area contributed by atoms with Crippen LogP contribution in [0.3, 0.4) is 0 Å². The average molecular weight is 404 g/mol. The molecule has 5 nitrogen and oxygen atoms in total. The highest BCUT2D eigenvalue weighted by molar-refractivity contribution is 5.91. The highest BCUT2D eigenvalue weighted by atomic mass is 19.1. The monoisotopic (exact) mass is 404 g/mol. The maximum Gasteiger partial charge on any atom is 0.342 e. The largest absolute Gasteiger partial charge is 0.493 e. The Morgan fingerprint density at radius 3 is 3.03 bits per heavy atom. The first-order valence-corrected chi connectivity index (χ1v) is 10.4. The quantitative estimate of drug-likeness (QED) is 0.723. The summed E-state index contributed by atoms with van der Waals surface area (Å²) in [5.74, 6) is -0.798. The number of rotatable bonds is 5. The second-order valence-corrected chi connectivity index (χ2v) is 8.81. The normalized spacial score (nSPS) is 34.2. The maximum atomic E-state index is 13.9. The number of aromatic carboxylic acids is 1. The van der Waals surface area contributed by atoms with Gasteiger partial charge in [0.05, 0.1) is 19.3 Å². The summed E-state index contributed by atoms with van der Waals surface area (Å²) < 4.78 is 31.1. The van der Waals surface area contributed by atoms with Crippen molar-refractivity contribution < 1.29 is 28.5 Å². The van der Waals surface area contributed by atoms with E-state index in [1.807, 2.05) is 0 Å². The molecule has 1 saturated heterocycles. The van der Waals surface area contributed by atoms with E-state index in [-0.39, 0.29) is 23.2 Å². The van der Waals surface area contributed by atoms with Crippen molar-refractivity contribution in [3.05, 3.63) is 41.7 Å². The van der Waals surface area contributed by atoms with Crippen LogP contribution in [0.25, 0.3) is 0 Å². The molecule has 4 rings (SSSR count). The molecule has 3 aliphatic rings. The van der Waals surface area contributed by atoms with E-state index >= 15 is 0 Å². The van der Waals surface area contributed by atoms with Crippen LogP contribution >= 0.6 is 0 Å². The van der Waals surface area contributed by atoms with E-state index in [1.165, 1.54) is 17.7 Å². The zero-order valence-electron chi connectivity index (χ0n) is 16.9. The zero-order valence-corrected chi connectivity index (χ0v) is 16.9. The molecule has 5 unspecified atom stereocenters. The molecule has 29 heavy (non-hydrogen) atoms. The van der Waals surface area contributed by atoms with Gasteiger partial charge in [0, 0.05) is 5.92 Å². The van der Waals surface area contributed by atoms with Crippen LogP contribution in [-0.2, 0) is 9.47 Å². The lowest BCUT2D eigenvalue weighted by atomic mass is 9.50. The van der Waals surface area contributed by atoms with E-state index in [4.69, 9.17) is 14.2 Å². The molecule has 0 spiro atoms. The molecule has 0 bridgehead atoms. The first-order chi connectivity index (χ1) is 13.9. The van der Waals surface area contributed by atoms with Gasteiger partial charge in [-0.05, 0) is 61.5 Å². The van der Waals surface area contributed by atoms with E-state index in [2.05, 4.69) is 13.5 Å². The van der Waals surface area contributed by atoms with Gasteiger partial charge in [0.15, 0.2) is 0 Å². The second kappa shape index (κ2) is 8.07. The molecule has 1 aromatic rings. The van der Waals surface area contributed by atoms with Crippen molar-refractivity contribution in [3.8, 4) is 5.75 Å². The van der Waals surface area contributed by atoms with Crippen molar-refractivity contribution in [3.63, 3.8) is 0 Å². The zero-order chi connectivity index (χ0) is 20.6. The van der Waals surface area contributed by atoms with Crippen LogP contribution in [0, 0.1) is 29.0 Å². The molecule has 3 fully saturated rings. The Kier molecular flexibility index (Phi) is 5.67. The van der Waals surface area contributed by atoms with Gasteiger partial charge in [0.2, 0.25) is 0 Å². The van der Waals surface area contributed by atoms with Crippen LogP contribution in [-0.4, -0.2) is 37.2 Å². The molecule has 158 valence electrons. The summed E-state index contributed by atoms with van der Waals surface area (Å²) in [6.07, 6.45) is 5.21. The summed E-state index contributed by atoms with van der Waals surface area (Å²) in [5, 5.41) is 9.28. The van der Waals surface area contributed by atoms with E-state index in [9.17, 15) is 14.3 Å². The lowest BCUT2D eigenvalue weighted by Gasteiger charge is -2.57. The Bertz CT molecular complexity index is 793. The van der Waals surface area contributed by atoms with Crippen LogP contribution in [0.2, 0.25) is 0 Å². The van der Waals surface area contributed by atoms with Crippen molar-refractivity contribution in [2.75, 3.05) is 20.0 Å². The summed E-state index contributed by atoms with van der Waals surface area (Å²) in [6.45, 7) is 8.18. The first-order valence-electron chi connectivity index (χ1n) is 10.4. The van der Waals surface area contributed by atoms with Crippen LogP contribution in [0.15, 0.2) is 30.4 Å². The number of allylic oxidation sites excluding steroid dienone is 1. The third-order valence-electron chi connectivity index (χ3n) is 7.40. The smallest absolute Gasteiger partial charge is 0.342 e. The number of hydrogen-bond acceptors (Lipinski definition) is 4. The van der Waals surface area contributed by atoms with Gasteiger partial charge in [0.25, 0.3) is 0 Å². The molecule has 1 heterocycles. The Labute approximate surface area is 170 Å². The van der Waals surface area contributed by atoms with Crippen LogP contribution in [0.4, 0.5) is 4.39 Å². The molecule has 2 aliphatic carbocycles. The van der Waals surface area contributed by atoms with Crippen molar-refractivity contribution >= 4 is 5.97 Å². The second-order valence-electron chi connectivity index (χ2n) is 8.81. The lowest BCUT2D eigenvalue weighted by molar-refractivity contribution is -0.218. The minimum Gasteiger partial charge on any atom is -0.493 e. The molecular formula is C23H29FO5. The SMILES string of the molecule is C=C1CCC2C3COCOC3CCC2(C)C1CCOc1cccc(F)c1C(=O)O. The molecule has 0 aromatic heterocycles. The molecule has 1 N–H and O–H groups in total. The topological polar surface area (TPSA) is 65.0 Å². The molecule has 1 aromatic carbocycles. The summed E-state index contributed by atoms with van der Waals surface area (Å²) in [7, 11) is 0. The Hall–Kier alpha value is -1.92. The van der Waals surface area contributed by atoms with Gasteiger partial charge in [-0.25, -0.2) is 9.18 Å². The number of carbonyl (C=O) groups is 1. The van der Waals surface area contributed by atoms with Gasteiger partial charge in [-0.1, -0.05) is 25.1 Å². The summed E-state index contributed by atoms with van der Waals surface area (Å²) in [5.41, 5.74) is 0.929. The molecule has 0 radical (unpaired) electrons. The van der Waals surface area contributed by atoms with Crippen molar-refractivity contribution in [2.24, 2.45) is 23.2 Å². The molecule has 0 amide bonds. The molecule has 2 saturated carbocycles. The highest BCUT2D eigenvalue weighted by Gasteiger charge is 2.53. The Balaban J connectivity index is 1.48. The van der Waals surface area contributed by atoms with Crippen molar-refractivity contribution in [1.29, 1.82) is 0 Å². The number of fused-ring (bicyclic) bond motifs is 3. The molecular weight excluding hydrogens is 375 g/mol. The minimum atomic E-state index is -1.32. The van der Waals surface area contributed by atoms with Gasteiger partial charge in [0.1, 0.15) is 23.9 Å². The summed E-state index contributed by atoms with van der Waals surface area (Å²) in [4.78, 5) is 11.4. The van der Waals surface area contributed by atoms with Crippen LogP contribution < -0.4 is 4.74 Å². The summed E-state index contributed by atoms with van der Waals surface area (Å²) >= 11 is 0. The van der Waals surface area contributed by atoms with E-state index in [1.54, 1.807) is 0 Å². The maximum absolute atomic E-state index is 13.9. The van der Waals surface area contributed by atoms with Crippen LogP contribution in [0.1, 0.15) is 49.4 Å². The van der Waals surface area contributed by atoms with E-state index in [0.717, 1.165) is 44.8 Å². The standard InChI is InChI=1S/C23H29FO5/c1-14-6-7-17-15-12-27-13-29-19(15)8-10-23(17,2)16(14)9-11-28-20-5-3-4-18(24)21(20)22(25)26/h3-5,15-17,19H,1,6-13H2,2H3,(H,25,26). The van der Waals surface area contributed by atoms with Gasteiger partial charge in [-0.3, -0.25) is 0 Å².